The summed E-state index contributed by atoms with van der Waals surface area (Å²) in [7, 11) is 0. The number of rotatable bonds is 4. The van der Waals surface area contributed by atoms with Crippen molar-refractivity contribution in [3.63, 3.8) is 0 Å². The molecule has 192 valence electrons. The average Bonchev–Trinajstić information content (AvgIpc) is 3.50. The summed E-state index contributed by atoms with van der Waals surface area (Å²) in [6.07, 6.45) is 0. The quantitative estimate of drug-likeness (QED) is 0.193. The Bertz CT molecular complexity index is 2200. The number of aromatic nitrogens is 3. The van der Waals surface area contributed by atoms with Gasteiger partial charge in [-0.25, -0.2) is 0 Å². The van der Waals surface area contributed by atoms with Crippen LogP contribution in [0, 0.1) is 0 Å². The van der Waals surface area contributed by atoms with Crippen molar-refractivity contribution in [1.29, 1.82) is 0 Å². The molecular formula is C37H23N3Se. The monoisotopic (exact) mass is 589 g/mol. The third-order valence-electron chi connectivity index (χ3n) is 7.50. The van der Waals surface area contributed by atoms with Crippen molar-refractivity contribution in [2.75, 3.05) is 0 Å². The number of fused-ring (bicyclic) bond motifs is 4. The Labute approximate surface area is 243 Å². The van der Waals surface area contributed by atoms with Crippen LogP contribution in [0.1, 0.15) is 0 Å². The van der Waals surface area contributed by atoms with Gasteiger partial charge in [0.25, 0.3) is 0 Å². The number of hydrogen-bond donors (Lipinski definition) is 0. The molecule has 0 spiro atoms. The summed E-state index contributed by atoms with van der Waals surface area (Å²) in [4.78, 5) is 15.5. The normalized spacial score (nSPS) is 11.4. The molecule has 0 saturated carbocycles. The minimum absolute atomic E-state index is 0.0739. The average molecular weight is 589 g/mol. The third-order valence-corrected chi connectivity index (χ3v) is 9.89. The van der Waals surface area contributed by atoms with Crippen molar-refractivity contribution in [3.05, 3.63) is 140 Å². The van der Waals surface area contributed by atoms with Crippen LogP contribution in [0.4, 0.5) is 0 Å². The summed E-state index contributed by atoms with van der Waals surface area (Å²) in [6, 6.07) is 48.8. The zero-order valence-corrected chi connectivity index (χ0v) is 23.7. The van der Waals surface area contributed by atoms with Crippen LogP contribution in [0.5, 0.6) is 0 Å². The van der Waals surface area contributed by atoms with Crippen LogP contribution in [0.25, 0.3) is 75.4 Å². The molecule has 6 aromatic carbocycles. The Morgan fingerprint density at radius 3 is 1.90 bits per heavy atom. The molecule has 0 aliphatic heterocycles. The van der Waals surface area contributed by atoms with E-state index in [-0.39, 0.29) is 14.5 Å². The number of nitrogens with zero attached hydrogens (tertiary/aromatic N) is 3. The molecule has 8 aromatic rings. The molecule has 3 nitrogen and oxygen atoms in total. The van der Waals surface area contributed by atoms with E-state index in [0.29, 0.717) is 0 Å². The van der Waals surface area contributed by atoms with Crippen molar-refractivity contribution in [1.82, 2.24) is 15.0 Å². The first-order chi connectivity index (χ1) is 20.3. The summed E-state index contributed by atoms with van der Waals surface area (Å²) in [5, 5.41) is 4.81. The standard InChI is InChI=1S/C37H23N3Se/c1-3-11-25(12-4-1)32-23-33(29-19-18-24-10-7-8-15-28(24)22-29)39-36(38-32)30-17-9-16-26-20-21-31-35(34(26)30)41-37(40-31)27-13-5-2-6-14-27/h1-23H. The summed E-state index contributed by atoms with van der Waals surface area (Å²) in [6.45, 7) is 0. The number of hydrogen-bond acceptors (Lipinski definition) is 3. The molecule has 4 heteroatoms. The molecule has 0 N–H and O–H groups in total. The summed E-state index contributed by atoms with van der Waals surface area (Å²) < 4.78 is 2.46. The summed E-state index contributed by atoms with van der Waals surface area (Å²) in [5.74, 6) is 0.734. The van der Waals surface area contributed by atoms with Crippen molar-refractivity contribution in [3.8, 4) is 44.0 Å². The van der Waals surface area contributed by atoms with Crippen LogP contribution in [0.15, 0.2) is 140 Å². The van der Waals surface area contributed by atoms with E-state index in [2.05, 4.69) is 133 Å². The van der Waals surface area contributed by atoms with E-state index in [1.165, 1.54) is 31.4 Å². The van der Waals surface area contributed by atoms with Gasteiger partial charge < -0.3 is 0 Å². The molecule has 41 heavy (non-hydrogen) atoms. The van der Waals surface area contributed by atoms with Crippen molar-refractivity contribution in [2.24, 2.45) is 0 Å². The van der Waals surface area contributed by atoms with Crippen LogP contribution < -0.4 is 0 Å². The molecule has 0 amide bonds. The Kier molecular flexibility index (Phi) is 5.81. The van der Waals surface area contributed by atoms with Gasteiger partial charge in [-0.05, 0) is 0 Å². The molecule has 0 radical (unpaired) electrons. The van der Waals surface area contributed by atoms with Gasteiger partial charge in [0.1, 0.15) is 0 Å². The van der Waals surface area contributed by atoms with Gasteiger partial charge >= 0.3 is 244 Å². The molecule has 8 rings (SSSR count). The predicted molar refractivity (Wildman–Crippen MR) is 171 cm³/mol. The topological polar surface area (TPSA) is 38.7 Å². The summed E-state index contributed by atoms with van der Waals surface area (Å²) in [5.41, 5.74) is 7.26. The van der Waals surface area contributed by atoms with E-state index in [1.54, 1.807) is 0 Å². The molecule has 0 aliphatic carbocycles. The van der Waals surface area contributed by atoms with E-state index in [1.807, 2.05) is 6.07 Å². The maximum atomic E-state index is 5.22. The van der Waals surface area contributed by atoms with Gasteiger partial charge in [0.15, 0.2) is 0 Å². The zero-order chi connectivity index (χ0) is 27.2. The fraction of sp³-hybridized carbons (Fsp3) is 0. The van der Waals surface area contributed by atoms with Crippen LogP contribution in [0.3, 0.4) is 0 Å². The van der Waals surface area contributed by atoms with Crippen LogP contribution in [-0.4, -0.2) is 29.5 Å². The third kappa shape index (κ3) is 4.35. The van der Waals surface area contributed by atoms with Crippen LogP contribution in [0.2, 0.25) is 0 Å². The Morgan fingerprint density at radius 1 is 0.439 bits per heavy atom. The van der Waals surface area contributed by atoms with E-state index in [4.69, 9.17) is 15.0 Å². The van der Waals surface area contributed by atoms with Crippen LogP contribution in [-0.2, 0) is 0 Å². The maximum absolute atomic E-state index is 5.22. The van der Waals surface area contributed by atoms with Gasteiger partial charge in [-0.2, -0.15) is 0 Å². The van der Waals surface area contributed by atoms with Crippen LogP contribution >= 0.6 is 0 Å². The molecule has 0 saturated heterocycles. The van der Waals surface area contributed by atoms with Crippen molar-refractivity contribution >= 4 is 45.8 Å². The fourth-order valence-corrected chi connectivity index (χ4v) is 7.86. The van der Waals surface area contributed by atoms with E-state index < -0.39 is 0 Å². The second-order valence-corrected chi connectivity index (χ2v) is 12.2. The molecule has 2 aromatic heterocycles. The zero-order valence-electron chi connectivity index (χ0n) is 22.0. The molecular weight excluding hydrogens is 565 g/mol. The molecule has 0 aliphatic rings. The molecule has 2 heterocycles. The molecule has 0 bridgehead atoms. The second-order valence-electron chi connectivity index (χ2n) is 10.1. The molecule has 0 atom stereocenters. The number of benzene rings is 6. The minimum atomic E-state index is 0.0739. The van der Waals surface area contributed by atoms with Crippen molar-refractivity contribution in [2.45, 2.75) is 0 Å². The van der Waals surface area contributed by atoms with E-state index >= 15 is 0 Å². The van der Waals surface area contributed by atoms with E-state index in [0.717, 1.165) is 44.0 Å². The van der Waals surface area contributed by atoms with Gasteiger partial charge in [0, 0.05) is 0 Å². The van der Waals surface area contributed by atoms with Gasteiger partial charge in [-0.1, -0.05) is 0 Å². The molecule has 0 unspecified atom stereocenters. The Morgan fingerprint density at radius 2 is 1.10 bits per heavy atom. The molecule has 0 fully saturated rings. The first-order valence-electron chi connectivity index (χ1n) is 13.6. The van der Waals surface area contributed by atoms with Gasteiger partial charge in [-0.3, -0.25) is 0 Å². The second kappa shape index (κ2) is 9.94. The van der Waals surface area contributed by atoms with Gasteiger partial charge in [0.2, 0.25) is 0 Å². The van der Waals surface area contributed by atoms with Crippen molar-refractivity contribution < 1.29 is 0 Å². The Balaban J connectivity index is 1.38. The van der Waals surface area contributed by atoms with Gasteiger partial charge in [-0.15, -0.1) is 0 Å². The first kappa shape index (κ1) is 24.0. The fourth-order valence-electron chi connectivity index (χ4n) is 5.47. The van der Waals surface area contributed by atoms with Gasteiger partial charge in [0.05, 0.1) is 0 Å². The first-order valence-corrected chi connectivity index (χ1v) is 15.3. The predicted octanol–water partition coefficient (Wildman–Crippen LogP) is 9.06. The van der Waals surface area contributed by atoms with E-state index in [9.17, 15) is 0 Å². The summed E-state index contributed by atoms with van der Waals surface area (Å²) >= 11 is 0.0739. The Hall–Kier alpha value is -4.89. The SMILES string of the molecule is c1ccc(-c2cc(-c3ccc4ccccc4c3)nc(-c3cccc4ccc5nc(-c6ccccc6)[se]c5c34)n2)cc1.